The first-order valence-electron chi connectivity index (χ1n) is 10.3. The predicted molar refractivity (Wildman–Crippen MR) is 147 cm³/mol. The van der Waals surface area contributed by atoms with Crippen molar-refractivity contribution in [1.82, 2.24) is 10.3 Å². The molecule has 0 fully saturated rings. The van der Waals surface area contributed by atoms with E-state index in [-0.39, 0.29) is 15.7 Å². The van der Waals surface area contributed by atoms with Crippen molar-refractivity contribution >= 4 is 74.6 Å². The van der Waals surface area contributed by atoms with Gasteiger partial charge in [-0.1, -0.05) is 34.8 Å². The summed E-state index contributed by atoms with van der Waals surface area (Å²) in [7, 11) is 3.11. The Labute approximate surface area is 227 Å². The molecule has 2 N–H and O–H groups in total. The molecule has 0 bridgehead atoms. The van der Waals surface area contributed by atoms with Gasteiger partial charge in [0.05, 0.1) is 35.3 Å². The van der Waals surface area contributed by atoms with Crippen LogP contribution in [0, 0.1) is 0 Å². The van der Waals surface area contributed by atoms with Crippen molar-refractivity contribution in [3.05, 3.63) is 81.4 Å². The lowest BCUT2D eigenvalue weighted by atomic mass is 10.2. The van der Waals surface area contributed by atoms with E-state index in [9.17, 15) is 4.79 Å². The number of methoxy groups -OCH3 is 2. The van der Waals surface area contributed by atoms with Gasteiger partial charge in [-0.2, -0.15) is 0 Å². The van der Waals surface area contributed by atoms with Crippen LogP contribution in [0.5, 0.6) is 23.0 Å². The van der Waals surface area contributed by atoms with Crippen molar-refractivity contribution in [1.29, 1.82) is 0 Å². The number of aromatic nitrogens is 1. The first kappa shape index (κ1) is 25.8. The molecule has 0 saturated carbocycles. The molecule has 0 atom stereocenters. The summed E-state index contributed by atoms with van der Waals surface area (Å²) in [6, 6.07) is 14.8. The molecule has 3 aromatic carbocycles. The lowest BCUT2D eigenvalue weighted by molar-refractivity contribution is 0.0978. The number of carbonyl (C=O) groups excluding carboxylic acids is 1. The van der Waals surface area contributed by atoms with Crippen molar-refractivity contribution < 1.29 is 19.0 Å². The first-order valence-corrected chi connectivity index (χ1v) is 11.9. The quantitative estimate of drug-likeness (QED) is 0.242. The van der Waals surface area contributed by atoms with E-state index < -0.39 is 5.91 Å². The van der Waals surface area contributed by atoms with E-state index in [0.717, 1.165) is 5.39 Å². The lowest BCUT2D eigenvalue weighted by Crippen LogP contribution is -2.34. The Bertz CT molecular complexity index is 1480. The molecule has 4 rings (SSSR count). The molecule has 1 amide bonds. The maximum Gasteiger partial charge on any atom is 0.258 e. The zero-order valence-electron chi connectivity index (χ0n) is 18.9. The summed E-state index contributed by atoms with van der Waals surface area (Å²) in [6.07, 6.45) is 1.63. The number of nitrogens with one attached hydrogen (secondary N) is 2. The Kier molecular flexibility index (Phi) is 8.01. The van der Waals surface area contributed by atoms with Gasteiger partial charge in [0.1, 0.15) is 11.5 Å². The third-order valence-corrected chi connectivity index (χ3v) is 6.07. The highest BCUT2D eigenvalue weighted by Gasteiger charge is 2.15. The molecule has 36 heavy (non-hydrogen) atoms. The molecule has 1 aromatic heterocycles. The van der Waals surface area contributed by atoms with Gasteiger partial charge in [-0.15, -0.1) is 0 Å². The number of halogens is 3. The summed E-state index contributed by atoms with van der Waals surface area (Å²) < 4.78 is 16.8. The van der Waals surface area contributed by atoms with Crippen molar-refractivity contribution in [2.45, 2.75) is 0 Å². The van der Waals surface area contributed by atoms with Crippen LogP contribution in [0.15, 0.2) is 60.8 Å². The molecule has 0 unspecified atom stereocenters. The summed E-state index contributed by atoms with van der Waals surface area (Å²) in [5, 5.41) is 7.23. The van der Waals surface area contributed by atoms with E-state index in [1.165, 1.54) is 12.1 Å². The third kappa shape index (κ3) is 5.74. The summed E-state index contributed by atoms with van der Waals surface area (Å²) in [5.74, 6) is 1.57. The number of anilines is 1. The van der Waals surface area contributed by atoms with E-state index in [0.29, 0.717) is 44.2 Å². The number of benzene rings is 3. The normalized spacial score (nSPS) is 10.6. The molecule has 0 spiro atoms. The van der Waals surface area contributed by atoms with Crippen LogP contribution in [0.4, 0.5) is 5.69 Å². The van der Waals surface area contributed by atoms with Crippen molar-refractivity contribution in [2.75, 3.05) is 19.5 Å². The van der Waals surface area contributed by atoms with Gasteiger partial charge in [0, 0.05) is 28.4 Å². The second kappa shape index (κ2) is 11.2. The second-order valence-electron chi connectivity index (χ2n) is 7.31. The molecule has 0 aliphatic heterocycles. The largest absolute Gasteiger partial charge is 0.493 e. The molecule has 11 heteroatoms. The smallest absolute Gasteiger partial charge is 0.258 e. The number of nitrogens with zero attached hydrogens (tertiary/aromatic N) is 1. The predicted octanol–water partition coefficient (Wildman–Crippen LogP) is 7.13. The van der Waals surface area contributed by atoms with Crippen molar-refractivity contribution in [2.24, 2.45) is 0 Å². The van der Waals surface area contributed by atoms with Gasteiger partial charge in [-0.05, 0) is 60.7 Å². The van der Waals surface area contributed by atoms with Gasteiger partial charge in [0.25, 0.3) is 5.91 Å². The van der Waals surface area contributed by atoms with Crippen LogP contribution in [0.3, 0.4) is 0 Å². The lowest BCUT2D eigenvalue weighted by Gasteiger charge is -2.14. The second-order valence-corrected chi connectivity index (χ2v) is 8.97. The highest BCUT2D eigenvalue weighted by atomic mass is 35.5. The topological polar surface area (TPSA) is 81.7 Å². The molecular formula is C25H18Cl3N3O4S. The summed E-state index contributed by atoms with van der Waals surface area (Å²) in [4.78, 5) is 16.8. The summed E-state index contributed by atoms with van der Waals surface area (Å²) in [6.45, 7) is 0. The van der Waals surface area contributed by atoms with Crippen molar-refractivity contribution in [3.63, 3.8) is 0 Å². The minimum atomic E-state index is -0.475. The fraction of sp³-hybridized carbons (Fsp3) is 0.0800. The van der Waals surface area contributed by atoms with Crippen LogP contribution < -0.4 is 24.8 Å². The molecule has 0 aliphatic rings. The zero-order chi connectivity index (χ0) is 25.8. The van der Waals surface area contributed by atoms with E-state index in [4.69, 9.17) is 61.2 Å². The number of hydrogen-bond acceptors (Lipinski definition) is 6. The van der Waals surface area contributed by atoms with E-state index in [2.05, 4.69) is 15.6 Å². The number of fused-ring (bicyclic) bond motifs is 1. The highest BCUT2D eigenvalue weighted by Crippen LogP contribution is 2.38. The Morgan fingerprint density at radius 2 is 1.61 bits per heavy atom. The molecular weight excluding hydrogens is 545 g/mol. The van der Waals surface area contributed by atoms with Gasteiger partial charge in [0.2, 0.25) is 0 Å². The van der Waals surface area contributed by atoms with Crippen LogP contribution in [0.25, 0.3) is 10.9 Å². The highest BCUT2D eigenvalue weighted by molar-refractivity contribution is 7.80. The Hall–Kier alpha value is -3.30. The van der Waals surface area contributed by atoms with E-state index in [1.807, 2.05) is 0 Å². The van der Waals surface area contributed by atoms with Gasteiger partial charge in [-0.25, -0.2) is 0 Å². The van der Waals surface area contributed by atoms with Crippen LogP contribution in [0.2, 0.25) is 15.1 Å². The Morgan fingerprint density at radius 3 is 2.31 bits per heavy atom. The van der Waals surface area contributed by atoms with Gasteiger partial charge < -0.3 is 19.5 Å². The Balaban J connectivity index is 1.49. The van der Waals surface area contributed by atoms with Gasteiger partial charge >= 0.3 is 0 Å². The fourth-order valence-corrected chi connectivity index (χ4v) is 4.25. The number of hydrogen-bond donors (Lipinski definition) is 2. The Morgan fingerprint density at radius 1 is 0.861 bits per heavy atom. The molecule has 184 valence electrons. The number of rotatable bonds is 6. The summed E-state index contributed by atoms with van der Waals surface area (Å²) >= 11 is 23.7. The zero-order valence-corrected chi connectivity index (χ0v) is 22.0. The first-order chi connectivity index (χ1) is 17.3. The summed E-state index contributed by atoms with van der Waals surface area (Å²) in [5.41, 5.74) is 1.46. The fourth-order valence-electron chi connectivity index (χ4n) is 3.32. The van der Waals surface area contributed by atoms with E-state index >= 15 is 0 Å². The molecule has 7 nitrogen and oxygen atoms in total. The van der Waals surface area contributed by atoms with Crippen LogP contribution in [-0.2, 0) is 0 Å². The minimum Gasteiger partial charge on any atom is -0.493 e. The third-order valence-electron chi connectivity index (χ3n) is 5.02. The molecule has 0 aliphatic carbocycles. The van der Waals surface area contributed by atoms with Crippen LogP contribution in [0.1, 0.15) is 10.4 Å². The molecule has 1 heterocycles. The molecule has 0 radical (unpaired) electrons. The number of carbonyl (C=O) groups is 1. The van der Waals surface area contributed by atoms with Gasteiger partial charge in [-0.3, -0.25) is 15.1 Å². The number of thiocarbonyl (C=S) groups is 1. The average molecular weight is 563 g/mol. The van der Waals surface area contributed by atoms with Crippen molar-refractivity contribution in [3.8, 4) is 23.0 Å². The monoisotopic (exact) mass is 561 g/mol. The van der Waals surface area contributed by atoms with Gasteiger partial charge in [0.15, 0.2) is 16.6 Å². The number of amides is 1. The minimum absolute atomic E-state index is 0.0666. The van der Waals surface area contributed by atoms with Crippen LogP contribution in [-0.4, -0.2) is 30.2 Å². The SMILES string of the molecule is COc1cc2nccc(Oc3ccc(NC(=S)NC(=O)c4ccc(Cl)cc4Cl)cc3Cl)c2cc1OC. The van der Waals surface area contributed by atoms with E-state index in [1.54, 1.807) is 62.9 Å². The maximum absolute atomic E-state index is 12.5. The maximum atomic E-state index is 12.5. The standard InChI is InChI=1S/C25H18Cl3N3O4S/c1-33-22-11-16-19(12-23(22)34-2)29-8-7-20(16)35-21-6-4-14(10-18(21)28)30-25(36)31-24(32)15-5-3-13(26)9-17(15)27/h3-12H,1-2H3,(H2,30,31,32,36). The number of ether oxygens (including phenoxy) is 3. The molecule has 4 aromatic rings. The number of pyridine rings is 1. The average Bonchev–Trinajstić information content (AvgIpc) is 2.84. The molecule has 0 saturated heterocycles. The van der Waals surface area contributed by atoms with Crippen LogP contribution >= 0.6 is 47.0 Å².